The van der Waals surface area contributed by atoms with Crippen molar-refractivity contribution in [2.75, 3.05) is 32.7 Å². The first-order chi connectivity index (χ1) is 8.71. The Balaban J connectivity index is 2.27. The summed E-state index contributed by atoms with van der Waals surface area (Å²) in [7, 11) is 0. The lowest BCUT2D eigenvalue weighted by Crippen LogP contribution is -2.50. The van der Waals surface area contributed by atoms with Crippen LogP contribution < -0.4 is 0 Å². The average Bonchev–Trinajstić information content (AvgIpc) is 2.43. The molecule has 1 saturated heterocycles. The summed E-state index contributed by atoms with van der Waals surface area (Å²) in [6.07, 6.45) is 5.35. The number of unbranched alkanes of at least 4 members (excludes halogenated alkanes) is 1. The SMILES string of the molecule is CCCCC(CC)CN1CCN(C(C)C#N)CC1. The van der Waals surface area contributed by atoms with Gasteiger partial charge in [-0.05, 0) is 19.3 Å². The number of piperazine rings is 1. The standard InChI is InChI=1S/C15H29N3/c1-4-6-7-15(5-2)13-17-8-10-18(11-9-17)14(3)12-16/h14-15H,4-11,13H2,1-3H3. The van der Waals surface area contributed by atoms with Gasteiger partial charge in [0.1, 0.15) is 0 Å². The molecule has 1 aliphatic heterocycles. The summed E-state index contributed by atoms with van der Waals surface area (Å²) in [5, 5.41) is 8.93. The van der Waals surface area contributed by atoms with Crippen molar-refractivity contribution in [1.29, 1.82) is 5.26 Å². The van der Waals surface area contributed by atoms with Gasteiger partial charge in [-0.3, -0.25) is 4.90 Å². The van der Waals surface area contributed by atoms with Crippen LogP contribution >= 0.6 is 0 Å². The van der Waals surface area contributed by atoms with Crippen LogP contribution in [0.15, 0.2) is 0 Å². The highest BCUT2D eigenvalue weighted by Gasteiger charge is 2.22. The minimum atomic E-state index is 0.0780. The predicted octanol–water partition coefficient (Wildman–Crippen LogP) is 2.73. The van der Waals surface area contributed by atoms with Crippen molar-refractivity contribution in [3.63, 3.8) is 0 Å². The normalized spacial score (nSPS) is 21.4. The topological polar surface area (TPSA) is 30.3 Å². The molecule has 104 valence electrons. The van der Waals surface area contributed by atoms with Crippen LogP contribution in [0.25, 0.3) is 0 Å². The molecule has 0 aromatic rings. The van der Waals surface area contributed by atoms with E-state index in [1.54, 1.807) is 0 Å². The summed E-state index contributed by atoms with van der Waals surface area (Å²) >= 11 is 0. The van der Waals surface area contributed by atoms with E-state index in [4.69, 9.17) is 5.26 Å². The number of rotatable bonds is 7. The van der Waals surface area contributed by atoms with Gasteiger partial charge in [0.2, 0.25) is 0 Å². The predicted molar refractivity (Wildman–Crippen MR) is 76.4 cm³/mol. The maximum Gasteiger partial charge on any atom is 0.0950 e. The molecule has 0 radical (unpaired) electrons. The van der Waals surface area contributed by atoms with Crippen LogP contribution in [0.4, 0.5) is 0 Å². The van der Waals surface area contributed by atoms with Gasteiger partial charge in [0, 0.05) is 32.7 Å². The van der Waals surface area contributed by atoms with Gasteiger partial charge in [-0.1, -0.05) is 33.1 Å². The van der Waals surface area contributed by atoms with Crippen LogP contribution in [0.3, 0.4) is 0 Å². The van der Waals surface area contributed by atoms with Gasteiger partial charge in [0.05, 0.1) is 12.1 Å². The summed E-state index contributed by atoms with van der Waals surface area (Å²) in [6.45, 7) is 12.2. The smallest absolute Gasteiger partial charge is 0.0950 e. The lowest BCUT2D eigenvalue weighted by atomic mass is 9.98. The summed E-state index contributed by atoms with van der Waals surface area (Å²) in [6, 6.07) is 2.41. The third-order valence-corrected chi connectivity index (χ3v) is 4.20. The Labute approximate surface area is 113 Å². The average molecular weight is 251 g/mol. The van der Waals surface area contributed by atoms with Crippen molar-refractivity contribution in [3.05, 3.63) is 0 Å². The zero-order valence-electron chi connectivity index (χ0n) is 12.4. The lowest BCUT2D eigenvalue weighted by Gasteiger charge is -2.37. The Morgan fingerprint density at radius 2 is 1.83 bits per heavy atom. The number of hydrogen-bond donors (Lipinski definition) is 0. The Kier molecular flexibility index (Phi) is 7.31. The molecule has 3 nitrogen and oxygen atoms in total. The van der Waals surface area contributed by atoms with Crippen LogP contribution in [0, 0.1) is 17.2 Å². The molecule has 0 N–H and O–H groups in total. The zero-order valence-corrected chi connectivity index (χ0v) is 12.4. The monoisotopic (exact) mass is 251 g/mol. The highest BCUT2D eigenvalue weighted by molar-refractivity contribution is 4.90. The van der Waals surface area contributed by atoms with E-state index in [-0.39, 0.29) is 6.04 Å². The molecule has 2 unspecified atom stereocenters. The largest absolute Gasteiger partial charge is 0.301 e. The van der Waals surface area contributed by atoms with Gasteiger partial charge < -0.3 is 4.90 Å². The molecule has 0 amide bonds. The summed E-state index contributed by atoms with van der Waals surface area (Å²) in [5.41, 5.74) is 0. The molecule has 0 saturated carbocycles. The van der Waals surface area contributed by atoms with Crippen LogP contribution in [0.5, 0.6) is 0 Å². The van der Waals surface area contributed by atoms with Crippen molar-refractivity contribution >= 4 is 0 Å². The highest BCUT2D eigenvalue weighted by Crippen LogP contribution is 2.16. The Morgan fingerprint density at radius 1 is 1.17 bits per heavy atom. The van der Waals surface area contributed by atoms with E-state index in [0.29, 0.717) is 0 Å². The molecule has 1 aliphatic rings. The van der Waals surface area contributed by atoms with Gasteiger partial charge in [0.15, 0.2) is 0 Å². The fourth-order valence-corrected chi connectivity index (χ4v) is 2.70. The lowest BCUT2D eigenvalue weighted by molar-refractivity contribution is 0.104. The van der Waals surface area contributed by atoms with Crippen LogP contribution in [0.2, 0.25) is 0 Å². The second-order valence-corrected chi connectivity index (χ2v) is 5.56. The van der Waals surface area contributed by atoms with Gasteiger partial charge in [-0.2, -0.15) is 5.26 Å². The molecule has 2 atom stereocenters. The zero-order chi connectivity index (χ0) is 13.4. The molecule has 0 spiro atoms. The summed E-state index contributed by atoms with van der Waals surface area (Å²) in [4.78, 5) is 4.88. The third-order valence-electron chi connectivity index (χ3n) is 4.20. The molecule has 1 rings (SSSR count). The first-order valence-electron chi connectivity index (χ1n) is 7.57. The van der Waals surface area contributed by atoms with Gasteiger partial charge in [0.25, 0.3) is 0 Å². The van der Waals surface area contributed by atoms with Crippen molar-refractivity contribution in [2.45, 2.75) is 52.5 Å². The number of hydrogen-bond acceptors (Lipinski definition) is 3. The van der Waals surface area contributed by atoms with Gasteiger partial charge in [-0.15, -0.1) is 0 Å². The number of nitrogens with zero attached hydrogens (tertiary/aromatic N) is 3. The molecule has 1 heterocycles. The quantitative estimate of drug-likeness (QED) is 0.697. The van der Waals surface area contributed by atoms with E-state index in [1.807, 2.05) is 6.92 Å². The van der Waals surface area contributed by atoms with E-state index in [1.165, 1.54) is 32.2 Å². The van der Waals surface area contributed by atoms with Crippen molar-refractivity contribution in [3.8, 4) is 6.07 Å². The number of nitriles is 1. The minimum Gasteiger partial charge on any atom is -0.301 e. The van der Waals surface area contributed by atoms with Crippen molar-refractivity contribution in [2.24, 2.45) is 5.92 Å². The molecule has 3 heteroatoms. The summed E-state index contributed by atoms with van der Waals surface area (Å²) < 4.78 is 0. The van der Waals surface area contributed by atoms with Gasteiger partial charge >= 0.3 is 0 Å². The van der Waals surface area contributed by atoms with Crippen LogP contribution in [0.1, 0.15) is 46.5 Å². The van der Waals surface area contributed by atoms with Crippen molar-refractivity contribution in [1.82, 2.24) is 9.80 Å². The van der Waals surface area contributed by atoms with E-state index >= 15 is 0 Å². The molecule has 0 aromatic heterocycles. The Hall–Kier alpha value is -0.590. The molecule has 0 aromatic carbocycles. The third kappa shape index (κ3) is 4.96. The Morgan fingerprint density at radius 3 is 2.33 bits per heavy atom. The second kappa shape index (κ2) is 8.50. The van der Waals surface area contributed by atoms with Crippen LogP contribution in [-0.4, -0.2) is 48.6 Å². The molecule has 1 fully saturated rings. The fourth-order valence-electron chi connectivity index (χ4n) is 2.70. The van der Waals surface area contributed by atoms with Crippen molar-refractivity contribution < 1.29 is 0 Å². The van der Waals surface area contributed by atoms with Gasteiger partial charge in [-0.25, -0.2) is 0 Å². The highest BCUT2D eigenvalue weighted by atomic mass is 15.3. The Bertz CT molecular complexity index is 251. The molecule has 0 bridgehead atoms. The summed E-state index contributed by atoms with van der Waals surface area (Å²) in [5.74, 6) is 0.866. The van der Waals surface area contributed by atoms with E-state index in [9.17, 15) is 0 Å². The second-order valence-electron chi connectivity index (χ2n) is 5.56. The van der Waals surface area contributed by atoms with Crippen LogP contribution in [-0.2, 0) is 0 Å². The van der Waals surface area contributed by atoms with E-state index in [0.717, 1.165) is 32.1 Å². The minimum absolute atomic E-state index is 0.0780. The fraction of sp³-hybridized carbons (Fsp3) is 0.933. The first-order valence-corrected chi connectivity index (χ1v) is 7.57. The molecular weight excluding hydrogens is 222 g/mol. The molecule has 18 heavy (non-hydrogen) atoms. The maximum absolute atomic E-state index is 8.93. The molecule has 0 aliphatic carbocycles. The van der Waals surface area contributed by atoms with E-state index < -0.39 is 0 Å². The first kappa shape index (κ1) is 15.5. The van der Waals surface area contributed by atoms with E-state index in [2.05, 4.69) is 29.7 Å². The maximum atomic E-state index is 8.93. The molecular formula is C15H29N3.